The highest BCUT2D eigenvalue weighted by Crippen LogP contribution is 2.20. The fraction of sp³-hybridized carbons (Fsp3) is 0.412. The van der Waals surface area contributed by atoms with Crippen LogP contribution in [0.15, 0.2) is 36.5 Å². The first-order chi connectivity index (χ1) is 10.7. The Balaban J connectivity index is 1.62. The molecular weight excluding hydrogens is 280 g/mol. The van der Waals surface area contributed by atoms with Gasteiger partial charge in [0.1, 0.15) is 6.10 Å². The number of carbonyl (C=O) groups excluding carboxylic acids is 1. The first kappa shape index (κ1) is 14.9. The number of rotatable bonds is 4. The van der Waals surface area contributed by atoms with E-state index in [0.717, 1.165) is 29.6 Å². The van der Waals surface area contributed by atoms with Gasteiger partial charge in [-0.05, 0) is 19.1 Å². The van der Waals surface area contributed by atoms with Crippen LogP contribution in [-0.4, -0.2) is 48.7 Å². The van der Waals surface area contributed by atoms with Gasteiger partial charge in [-0.1, -0.05) is 18.2 Å². The van der Waals surface area contributed by atoms with Crippen molar-refractivity contribution in [3.8, 4) is 0 Å². The third kappa shape index (κ3) is 3.61. The molecule has 0 saturated carbocycles. The maximum absolute atomic E-state index is 12.0. The predicted molar refractivity (Wildman–Crippen MR) is 83.5 cm³/mol. The van der Waals surface area contributed by atoms with Crippen molar-refractivity contribution in [2.75, 3.05) is 32.8 Å². The van der Waals surface area contributed by atoms with E-state index in [-0.39, 0.29) is 12.1 Å². The van der Waals surface area contributed by atoms with Gasteiger partial charge in [0.2, 0.25) is 0 Å². The minimum absolute atomic E-state index is 0.206. The van der Waals surface area contributed by atoms with Crippen LogP contribution in [0.4, 0.5) is 0 Å². The molecule has 0 radical (unpaired) electrons. The molecule has 1 aliphatic heterocycles. The third-order valence-corrected chi connectivity index (χ3v) is 3.85. The number of benzene rings is 1. The van der Waals surface area contributed by atoms with Crippen LogP contribution >= 0.6 is 0 Å². The number of esters is 1. The summed E-state index contributed by atoms with van der Waals surface area (Å²) in [5, 5.41) is 1.05. The SMILES string of the molecule is CC(OC(=O)CN1CCOCC1)c1cnc2ccccc2c1. The van der Waals surface area contributed by atoms with Crippen molar-refractivity contribution in [2.24, 2.45) is 0 Å². The molecule has 116 valence electrons. The maximum atomic E-state index is 12.0. The fourth-order valence-corrected chi connectivity index (χ4v) is 2.55. The Hall–Kier alpha value is -1.98. The molecule has 0 bridgehead atoms. The molecule has 0 spiro atoms. The van der Waals surface area contributed by atoms with Crippen molar-refractivity contribution in [3.63, 3.8) is 0 Å². The number of hydrogen-bond donors (Lipinski definition) is 0. The highest BCUT2D eigenvalue weighted by molar-refractivity contribution is 5.79. The number of carbonyl (C=O) groups is 1. The van der Waals surface area contributed by atoms with Crippen LogP contribution in [0.5, 0.6) is 0 Å². The van der Waals surface area contributed by atoms with Crippen molar-refractivity contribution in [2.45, 2.75) is 13.0 Å². The summed E-state index contributed by atoms with van der Waals surface area (Å²) in [6.07, 6.45) is 1.47. The number of ether oxygens (including phenoxy) is 2. The molecule has 2 aromatic rings. The van der Waals surface area contributed by atoms with Gasteiger partial charge in [-0.3, -0.25) is 14.7 Å². The Kier molecular flexibility index (Phi) is 4.65. The van der Waals surface area contributed by atoms with E-state index in [1.54, 1.807) is 6.20 Å². The van der Waals surface area contributed by atoms with Crippen LogP contribution in [0.3, 0.4) is 0 Å². The minimum atomic E-state index is -0.300. The van der Waals surface area contributed by atoms with Crippen LogP contribution in [-0.2, 0) is 14.3 Å². The lowest BCUT2D eigenvalue weighted by atomic mass is 10.1. The van der Waals surface area contributed by atoms with Crippen LogP contribution in [0, 0.1) is 0 Å². The molecule has 1 aliphatic rings. The van der Waals surface area contributed by atoms with Gasteiger partial charge in [-0.2, -0.15) is 0 Å². The van der Waals surface area contributed by atoms with Gasteiger partial charge in [0.15, 0.2) is 0 Å². The summed E-state index contributed by atoms with van der Waals surface area (Å²) in [5.41, 5.74) is 1.85. The predicted octanol–water partition coefficient (Wildman–Crippen LogP) is 2.17. The Labute approximate surface area is 129 Å². The third-order valence-electron chi connectivity index (χ3n) is 3.85. The summed E-state index contributed by atoms with van der Waals surface area (Å²) in [4.78, 5) is 18.5. The van der Waals surface area contributed by atoms with Crippen LogP contribution in [0.1, 0.15) is 18.6 Å². The van der Waals surface area contributed by atoms with Crippen LogP contribution < -0.4 is 0 Å². The molecule has 5 heteroatoms. The van der Waals surface area contributed by atoms with Gasteiger partial charge in [-0.25, -0.2) is 0 Å². The summed E-state index contributed by atoms with van der Waals surface area (Å²) in [5.74, 6) is -0.206. The van der Waals surface area contributed by atoms with E-state index >= 15 is 0 Å². The number of morpholine rings is 1. The Morgan fingerprint density at radius 2 is 2.14 bits per heavy atom. The second-order valence-corrected chi connectivity index (χ2v) is 5.48. The van der Waals surface area contributed by atoms with E-state index < -0.39 is 0 Å². The van der Waals surface area contributed by atoms with Gasteiger partial charge in [0, 0.05) is 30.2 Å². The van der Waals surface area contributed by atoms with Crippen LogP contribution in [0.25, 0.3) is 10.9 Å². The number of nitrogens with zero attached hydrogens (tertiary/aromatic N) is 2. The normalized spacial score (nSPS) is 17.3. The standard InChI is InChI=1S/C17H20N2O3/c1-13(22-17(20)12-19-6-8-21-9-7-19)15-10-14-4-2-3-5-16(14)18-11-15/h2-5,10-11,13H,6-9,12H2,1H3. The summed E-state index contributed by atoms with van der Waals surface area (Å²) in [7, 11) is 0. The first-order valence-corrected chi connectivity index (χ1v) is 7.56. The lowest BCUT2D eigenvalue weighted by Gasteiger charge is -2.26. The molecule has 1 fully saturated rings. The molecule has 0 aliphatic carbocycles. The zero-order valence-electron chi connectivity index (χ0n) is 12.7. The molecule has 22 heavy (non-hydrogen) atoms. The summed E-state index contributed by atoms with van der Waals surface area (Å²) in [6.45, 7) is 5.11. The van der Waals surface area contributed by atoms with Crippen molar-refractivity contribution in [3.05, 3.63) is 42.1 Å². The maximum Gasteiger partial charge on any atom is 0.320 e. The average Bonchev–Trinajstić information content (AvgIpc) is 2.55. The van der Waals surface area contributed by atoms with E-state index in [0.29, 0.717) is 19.8 Å². The number of para-hydroxylation sites is 1. The van der Waals surface area contributed by atoms with Crippen molar-refractivity contribution < 1.29 is 14.3 Å². The molecule has 1 saturated heterocycles. The second-order valence-electron chi connectivity index (χ2n) is 5.48. The molecule has 5 nitrogen and oxygen atoms in total. The number of aromatic nitrogens is 1. The summed E-state index contributed by atoms with van der Waals surface area (Å²) >= 11 is 0. The number of hydrogen-bond acceptors (Lipinski definition) is 5. The average molecular weight is 300 g/mol. The lowest BCUT2D eigenvalue weighted by molar-refractivity contribution is -0.150. The van der Waals surface area contributed by atoms with E-state index in [4.69, 9.17) is 9.47 Å². The van der Waals surface area contributed by atoms with Gasteiger partial charge in [0.05, 0.1) is 25.3 Å². The quantitative estimate of drug-likeness (QED) is 0.810. The summed E-state index contributed by atoms with van der Waals surface area (Å²) in [6, 6.07) is 9.93. The smallest absolute Gasteiger partial charge is 0.320 e. The molecule has 1 aromatic heterocycles. The van der Waals surface area contributed by atoms with Crippen molar-refractivity contribution in [1.29, 1.82) is 0 Å². The Bertz CT molecular complexity index is 653. The van der Waals surface area contributed by atoms with E-state index in [1.807, 2.05) is 37.3 Å². The highest BCUT2D eigenvalue weighted by Gasteiger charge is 2.18. The molecular formula is C17H20N2O3. The number of pyridine rings is 1. The zero-order chi connectivity index (χ0) is 15.4. The molecule has 1 aromatic carbocycles. The monoisotopic (exact) mass is 300 g/mol. The van der Waals surface area contributed by atoms with Crippen molar-refractivity contribution >= 4 is 16.9 Å². The summed E-state index contributed by atoms with van der Waals surface area (Å²) < 4.78 is 10.8. The lowest BCUT2D eigenvalue weighted by Crippen LogP contribution is -2.40. The molecule has 1 unspecified atom stereocenters. The highest BCUT2D eigenvalue weighted by atomic mass is 16.5. The first-order valence-electron chi connectivity index (χ1n) is 7.56. The second kappa shape index (κ2) is 6.85. The molecule has 0 N–H and O–H groups in total. The van der Waals surface area contributed by atoms with E-state index in [1.165, 1.54) is 0 Å². The van der Waals surface area contributed by atoms with Crippen molar-refractivity contribution in [1.82, 2.24) is 9.88 Å². The molecule has 0 amide bonds. The fourth-order valence-electron chi connectivity index (χ4n) is 2.55. The molecule has 1 atom stereocenters. The van der Waals surface area contributed by atoms with Crippen LogP contribution in [0.2, 0.25) is 0 Å². The molecule has 2 heterocycles. The zero-order valence-corrected chi connectivity index (χ0v) is 12.7. The molecule has 3 rings (SSSR count). The van der Waals surface area contributed by atoms with Gasteiger partial charge >= 0.3 is 5.97 Å². The Morgan fingerprint density at radius 1 is 1.36 bits per heavy atom. The Morgan fingerprint density at radius 3 is 2.95 bits per heavy atom. The van der Waals surface area contributed by atoms with Gasteiger partial charge < -0.3 is 9.47 Å². The van der Waals surface area contributed by atoms with Gasteiger partial charge in [-0.15, -0.1) is 0 Å². The van der Waals surface area contributed by atoms with E-state index in [9.17, 15) is 4.79 Å². The minimum Gasteiger partial charge on any atom is -0.457 e. The topological polar surface area (TPSA) is 51.7 Å². The van der Waals surface area contributed by atoms with E-state index in [2.05, 4.69) is 9.88 Å². The number of fused-ring (bicyclic) bond motifs is 1. The van der Waals surface area contributed by atoms with Gasteiger partial charge in [0.25, 0.3) is 0 Å². The largest absolute Gasteiger partial charge is 0.457 e.